The normalized spacial score (nSPS) is 22.9. The first-order valence-electron chi connectivity index (χ1n) is 7.45. The summed E-state index contributed by atoms with van der Waals surface area (Å²) in [6.45, 7) is 16.6. The fraction of sp³-hybridized carbons (Fsp3) is 1.00. The quantitative estimate of drug-likeness (QED) is 0.768. The molecule has 2 nitrogen and oxygen atoms in total. The lowest BCUT2D eigenvalue weighted by Gasteiger charge is -2.38. The molecule has 1 rings (SSSR count). The van der Waals surface area contributed by atoms with Gasteiger partial charge in [-0.2, -0.15) is 0 Å². The molecule has 0 amide bonds. The zero-order valence-corrected chi connectivity index (χ0v) is 12.5. The zero-order valence-electron chi connectivity index (χ0n) is 12.5. The minimum atomic E-state index is 0.724. The van der Waals surface area contributed by atoms with Crippen molar-refractivity contribution >= 4 is 0 Å². The van der Waals surface area contributed by atoms with Crippen LogP contribution in [0.1, 0.15) is 47.5 Å². The second kappa shape index (κ2) is 7.38. The molecule has 1 N–H and O–H groups in total. The van der Waals surface area contributed by atoms with E-state index >= 15 is 0 Å². The maximum absolute atomic E-state index is 3.59. The van der Waals surface area contributed by atoms with Gasteiger partial charge >= 0.3 is 0 Å². The van der Waals surface area contributed by atoms with Crippen LogP contribution in [-0.4, -0.2) is 37.1 Å². The van der Waals surface area contributed by atoms with Crippen LogP contribution in [0.3, 0.4) is 0 Å². The maximum Gasteiger partial charge on any atom is 0.0105 e. The monoisotopic (exact) mass is 240 g/mol. The molecule has 0 aromatic carbocycles. The fourth-order valence-corrected chi connectivity index (χ4v) is 2.57. The van der Waals surface area contributed by atoms with Crippen molar-refractivity contribution in [3.8, 4) is 0 Å². The lowest BCUT2D eigenvalue weighted by Crippen LogP contribution is -2.45. The second-order valence-corrected chi connectivity index (χ2v) is 6.49. The van der Waals surface area contributed by atoms with Gasteiger partial charge in [-0.3, -0.25) is 0 Å². The van der Waals surface area contributed by atoms with E-state index in [-0.39, 0.29) is 0 Å². The van der Waals surface area contributed by atoms with Gasteiger partial charge < -0.3 is 10.2 Å². The SMILES string of the molecule is CC(C)CNCC(C)C(C)N1CCC(C)CC1. The molecule has 1 aliphatic rings. The van der Waals surface area contributed by atoms with E-state index < -0.39 is 0 Å². The zero-order chi connectivity index (χ0) is 12.8. The average Bonchev–Trinajstić information content (AvgIpc) is 2.28. The third-order valence-corrected chi connectivity index (χ3v) is 4.24. The molecule has 17 heavy (non-hydrogen) atoms. The fourth-order valence-electron chi connectivity index (χ4n) is 2.57. The number of nitrogens with one attached hydrogen (secondary N) is 1. The number of piperidine rings is 1. The predicted molar refractivity (Wildman–Crippen MR) is 76.3 cm³/mol. The van der Waals surface area contributed by atoms with E-state index in [0.717, 1.165) is 36.9 Å². The van der Waals surface area contributed by atoms with Gasteiger partial charge in [-0.25, -0.2) is 0 Å². The molecule has 1 fully saturated rings. The van der Waals surface area contributed by atoms with Crippen LogP contribution in [0.5, 0.6) is 0 Å². The molecule has 0 aromatic heterocycles. The Morgan fingerprint density at radius 2 is 1.65 bits per heavy atom. The number of rotatable bonds is 6. The number of hydrogen-bond donors (Lipinski definition) is 1. The van der Waals surface area contributed by atoms with Gasteiger partial charge in [0, 0.05) is 6.04 Å². The lowest BCUT2D eigenvalue weighted by molar-refractivity contribution is 0.113. The molecule has 1 saturated heterocycles. The maximum atomic E-state index is 3.59. The van der Waals surface area contributed by atoms with Crippen molar-refractivity contribution in [2.75, 3.05) is 26.2 Å². The van der Waals surface area contributed by atoms with Crippen LogP contribution in [0.2, 0.25) is 0 Å². The summed E-state index contributed by atoms with van der Waals surface area (Å²) in [5, 5.41) is 3.59. The number of nitrogens with zero attached hydrogens (tertiary/aromatic N) is 1. The lowest BCUT2D eigenvalue weighted by atomic mass is 9.94. The van der Waals surface area contributed by atoms with Gasteiger partial charge in [-0.05, 0) is 63.7 Å². The van der Waals surface area contributed by atoms with Crippen LogP contribution in [-0.2, 0) is 0 Å². The van der Waals surface area contributed by atoms with Crippen LogP contribution in [0.4, 0.5) is 0 Å². The highest BCUT2D eigenvalue weighted by molar-refractivity contribution is 4.78. The predicted octanol–water partition coefficient (Wildman–Crippen LogP) is 2.99. The molecule has 0 radical (unpaired) electrons. The van der Waals surface area contributed by atoms with Crippen molar-refractivity contribution in [3.63, 3.8) is 0 Å². The Kier molecular flexibility index (Phi) is 6.50. The van der Waals surface area contributed by atoms with Gasteiger partial charge in [0.15, 0.2) is 0 Å². The molecule has 1 aliphatic heterocycles. The van der Waals surface area contributed by atoms with Gasteiger partial charge in [-0.1, -0.05) is 27.7 Å². The van der Waals surface area contributed by atoms with Crippen molar-refractivity contribution in [2.45, 2.75) is 53.5 Å². The Bertz CT molecular complexity index is 195. The molecule has 2 unspecified atom stereocenters. The molecule has 0 bridgehead atoms. The summed E-state index contributed by atoms with van der Waals surface area (Å²) in [6.07, 6.45) is 2.77. The minimum absolute atomic E-state index is 0.724. The van der Waals surface area contributed by atoms with Crippen molar-refractivity contribution in [1.29, 1.82) is 0 Å². The Morgan fingerprint density at radius 3 is 2.18 bits per heavy atom. The number of hydrogen-bond acceptors (Lipinski definition) is 2. The molecular weight excluding hydrogens is 208 g/mol. The molecule has 0 saturated carbocycles. The molecular formula is C15H32N2. The largest absolute Gasteiger partial charge is 0.316 e. The van der Waals surface area contributed by atoms with E-state index in [4.69, 9.17) is 0 Å². The Balaban J connectivity index is 2.23. The van der Waals surface area contributed by atoms with E-state index in [0.29, 0.717) is 0 Å². The highest BCUT2D eigenvalue weighted by atomic mass is 15.2. The van der Waals surface area contributed by atoms with E-state index in [1.54, 1.807) is 0 Å². The summed E-state index contributed by atoms with van der Waals surface area (Å²) < 4.78 is 0. The van der Waals surface area contributed by atoms with Crippen LogP contribution in [0, 0.1) is 17.8 Å². The van der Waals surface area contributed by atoms with Gasteiger partial charge in [-0.15, -0.1) is 0 Å². The second-order valence-electron chi connectivity index (χ2n) is 6.49. The van der Waals surface area contributed by atoms with Crippen molar-refractivity contribution in [3.05, 3.63) is 0 Å². The molecule has 0 aliphatic carbocycles. The third-order valence-electron chi connectivity index (χ3n) is 4.24. The Hall–Kier alpha value is -0.0800. The topological polar surface area (TPSA) is 15.3 Å². The summed E-state index contributed by atoms with van der Waals surface area (Å²) in [5.41, 5.74) is 0. The summed E-state index contributed by atoms with van der Waals surface area (Å²) >= 11 is 0. The van der Waals surface area contributed by atoms with Gasteiger partial charge in [0.1, 0.15) is 0 Å². The van der Waals surface area contributed by atoms with Crippen LogP contribution in [0.25, 0.3) is 0 Å². The van der Waals surface area contributed by atoms with Gasteiger partial charge in [0.2, 0.25) is 0 Å². The summed E-state index contributed by atoms with van der Waals surface area (Å²) in [7, 11) is 0. The molecule has 2 heteroatoms. The highest BCUT2D eigenvalue weighted by Crippen LogP contribution is 2.20. The molecule has 102 valence electrons. The molecule has 1 heterocycles. The van der Waals surface area contributed by atoms with Crippen molar-refractivity contribution < 1.29 is 0 Å². The first-order valence-corrected chi connectivity index (χ1v) is 7.45. The number of likely N-dealkylation sites (tertiary alicyclic amines) is 1. The van der Waals surface area contributed by atoms with Crippen LogP contribution >= 0.6 is 0 Å². The molecule has 0 aromatic rings. The first kappa shape index (κ1) is 15.0. The van der Waals surface area contributed by atoms with E-state index in [9.17, 15) is 0 Å². The van der Waals surface area contributed by atoms with Crippen molar-refractivity contribution in [2.24, 2.45) is 17.8 Å². The summed E-state index contributed by atoms with van der Waals surface area (Å²) in [4.78, 5) is 2.68. The van der Waals surface area contributed by atoms with Gasteiger partial charge in [0.25, 0.3) is 0 Å². The van der Waals surface area contributed by atoms with Crippen LogP contribution in [0.15, 0.2) is 0 Å². The molecule has 2 atom stereocenters. The Labute approximate surface area is 108 Å². The van der Waals surface area contributed by atoms with E-state index in [2.05, 4.69) is 44.8 Å². The first-order chi connectivity index (χ1) is 8.00. The van der Waals surface area contributed by atoms with Crippen LogP contribution < -0.4 is 5.32 Å². The van der Waals surface area contributed by atoms with Crippen molar-refractivity contribution in [1.82, 2.24) is 10.2 Å². The van der Waals surface area contributed by atoms with E-state index in [1.165, 1.54) is 25.9 Å². The average molecular weight is 240 g/mol. The van der Waals surface area contributed by atoms with E-state index in [1.807, 2.05) is 0 Å². The Morgan fingerprint density at radius 1 is 1.06 bits per heavy atom. The standard InChI is InChI=1S/C15H32N2/c1-12(2)10-16-11-14(4)15(5)17-8-6-13(3)7-9-17/h12-16H,6-11H2,1-5H3. The summed E-state index contributed by atoms with van der Waals surface area (Å²) in [6, 6.07) is 0.724. The van der Waals surface area contributed by atoms with Gasteiger partial charge in [0.05, 0.1) is 0 Å². The summed E-state index contributed by atoms with van der Waals surface area (Å²) in [5.74, 6) is 2.45. The smallest absolute Gasteiger partial charge is 0.0105 e. The molecule has 0 spiro atoms. The highest BCUT2D eigenvalue weighted by Gasteiger charge is 2.23. The minimum Gasteiger partial charge on any atom is -0.316 e. The third kappa shape index (κ3) is 5.39.